The fourth-order valence-corrected chi connectivity index (χ4v) is 4.81. The summed E-state index contributed by atoms with van der Waals surface area (Å²) >= 11 is 7.13. The standard InChI is InChI=1S/C25H16ClFN2O4S/c1-13-6-11-16-21-19(20(30)22(25(32)33-21)34-18-5-3-2-4-17(18)26)24(31)29(23(16)28-13)12-14-7-9-15(27)10-8-14/h2-11,30H,12H2,1H3. The van der Waals surface area contributed by atoms with Crippen LogP contribution < -0.4 is 11.2 Å². The normalized spacial score (nSPS) is 11.4. The molecule has 5 aromatic rings. The van der Waals surface area contributed by atoms with Gasteiger partial charge in [-0.15, -0.1) is 0 Å². The molecule has 2 aromatic carbocycles. The summed E-state index contributed by atoms with van der Waals surface area (Å²) in [5.41, 5.74) is 0.163. The van der Waals surface area contributed by atoms with E-state index in [4.69, 9.17) is 16.0 Å². The lowest BCUT2D eigenvalue weighted by atomic mass is 10.1. The van der Waals surface area contributed by atoms with Crippen LogP contribution in [0.1, 0.15) is 11.3 Å². The third-order valence-corrected chi connectivity index (χ3v) is 6.92. The van der Waals surface area contributed by atoms with Crippen molar-refractivity contribution in [1.29, 1.82) is 0 Å². The highest BCUT2D eigenvalue weighted by molar-refractivity contribution is 7.99. The van der Waals surface area contributed by atoms with Crippen molar-refractivity contribution in [2.24, 2.45) is 0 Å². The second kappa shape index (κ2) is 8.62. The van der Waals surface area contributed by atoms with Crippen LogP contribution >= 0.6 is 23.4 Å². The molecular formula is C25H16ClFN2O4S. The number of fused-ring (bicyclic) bond motifs is 3. The van der Waals surface area contributed by atoms with Crippen molar-refractivity contribution in [1.82, 2.24) is 9.55 Å². The Labute approximate surface area is 201 Å². The first-order valence-corrected chi connectivity index (χ1v) is 11.4. The van der Waals surface area contributed by atoms with Crippen LogP contribution in [0.25, 0.3) is 22.0 Å². The van der Waals surface area contributed by atoms with Gasteiger partial charge in [-0.2, -0.15) is 0 Å². The fraction of sp³-hybridized carbons (Fsp3) is 0.0800. The molecule has 170 valence electrons. The van der Waals surface area contributed by atoms with Crippen LogP contribution in [0.2, 0.25) is 5.02 Å². The van der Waals surface area contributed by atoms with Crippen molar-refractivity contribution in [3.8, 4) is 5.75 Å². The van der Waals surface area contributed by atoms with E-state index in [1.165, 1.54) is 16.7 Å². The maximum absolute atomic E-state index is 13.6. The number of hydrogen-bond donors (Lipinski definition) is 1. The first kappa shape index (κ1) is 22.2. The summed E-state index contributed by atoms with van der Waals surface area (Å²) in [6.07, 6.45) is 0. The average molecular weight is 495 g/mol. The summed E-state index contributed by atoms with van der Waals surface area (Å²) in [4.78, 5) is 31.3. The fourth-order valence-electron chi connectivity index (χ4n) is 3.70. The van der Waals surface area contributed by atoms with Crippen LogP contribution in [-0.4, -0.2) is 14.7 Å². The second-order valence-electron chi connectivity index (χ2n) is 7.65. The predicted octanol–water partition coefficient (Wildman–Crippen LogP) is 5.51. The lowest BCUT2D eigenvalue weighted by Gasteiger charge is -2.14. The Morgan fingerprint density at radius 3 is 2.56 bits per heavy atom. The van der Waals surface area contributed by atoms with Crippen LogP contribution in [0.15, 0.2) is 84.5 Å². The molecule has 3 heterocycles. The summed E-state index contributed by atoms with van der Waals surface area (Å²) < 4.78 is 20.3. The van der Waals surface area contributed by atoms with E-state index in [0.29, 0.717) is 26.6 Å². The van der Waals surface area contributed by atoms with Crippen molar-refractivity contribution in [3.05, 3.63) is 104 Å². The molecule has 0 unspecified atom stereocenters. The molecule has 0 bridgehead atoms. The molecule has 3 aromatic heterocycles. The summed E-state index contributed by atoms with van der Waals surface area (Å²) in [6.45, 7) is 1.85. The highest BCUT2D eigenvalue weighted by atomic mass is 35.5. The van der Waals surface area contributed by atoms with E-state index in [2.05, 4.69) is 4.98 Å². The molecule has 0 radical (unpaired) electrons. The average Bonchev–Trinajstić information content (AvgIpc) is 2.81. The van der Waals surface area contributed by atoms with Crippen molar-refractivity contribution in [3.63, 3.8) is 0 Å². The Hall–Kier alpha value is -3.62. The van der Waals surface area contributed by atoms with Crippen molar-refractivity contribution < 1.29 is 13.9 Å². The topological polar surface area (TPSA) is 85.3 Å². The SMILES string of the molecule is Cc1ccc2c3oc(=O)c(Sc4ccccc4Cl)c(O)c3c(=O)n(Cc3ccc(F)cc3)c2n1. The molecule has 0 fully saturated rings. The molecule has 0 aliphatic rings. The summed E-state index contributed by atoms with van der Waals surface area (Å²) in [6, 6.07) is 16.0. The van der Waals surface area contributed by atoms with Gasteiger partial charge in [-0.3, -0.25) is 9.36 Å². The predicted molar refractivity (Wildman–Crippen MR) is 130 cm³/mol. The van der Waals surface area contributed by atoms with Crippen molar-refractivity contribution in [2.75, 3.05) is 0 Å². The van der Waals surface area contributed by atoms with E-state index in [1.54, 1.807) is 55.5 Å². The minimum absolute atomic E-state index is 0.0473. The van der Waals surface area contributed by atoms with Crippen molar-refractivity contribution >= 4 is 45.4 Å². The first-order valence-electron chi connectivity index (χ1n) is 10.2. The van der Waals surface area contributed by atoms with Crippen LogP contribution in [0.4, 0.5) is 4.39 Å². The third kappa shape index (κ3) is 3.85. The number of benzene rings is 2. The zero-order chi connectivity index (χ0) is 24.0. The van der Waals surface area contributed by atoms with Gasteiger partial charge in [-0.25, -0.2) is 14.2 Å². The van der Waals surface area contributed by atoms with E-state index in [-0.39, 0.29) is 28.1 Å². The Bertz CT molecular complexity index is 1700. The lowest BCUT2D eigenvalue weighted by molar-refractivity contribution is 0.446. The Balaban J connectivity index is 1.80. The summed E-state index contributed by atoms with van der Waals surface area (Å²) in [5.74, 6) is -0.884. The molecule has 0 aliphatic carbocycles. The number of nitrogens with zero attached hydrogens (tertiary/aromatic N) is 2. The van der Waals surface area contributed by atoms with Gasteiger partial charge in [-0.1, -0.05) is 47.6 Å². The molecule has 0 amide bonds. The van der Waals surface area contributed by atoms with Crippen LogP contribution in [0.5, 0.6) is 5.75 Å². The van der Waals surface area contributed by atoms with Gasteiger partial charge in [0.2, 0.25) is 0 Å². The number of aromatic hydroxyl groups is 1. The Morgan fingerprint density at radius 1 is 1.09 bits per heavy atom. The summed E-state index contributed by atoms with van der Waals surface area (Å²) in [7, 11) is 0. The molecule has 9 heteroatoms. The van der Waals surface area contributed by atoms with E-state index in [9.17, 15) is 19.1 Å². The van der Waals surface area contributed by atoms with Gasteiger partial charge in [0.05, 0.1) is 17.0 Å². The van der Waals surface area contributed by atoms with Crippen LogP contribution in [0, 0.1) is 12.7 Å². The van der Waals surface area contributed by atoms with Gasteiger partial charge in [0, 0.05) is 10.6 Å². The second-order valence-corrected chi connectivity index (χ2v) is 9.10. The molecule has 1 N–H and O–H groups in total. The Morgan fingerprint density at radius 2 is 1.82 bits per heavy atom. The molecule has 0 saturated carbocycles. The summed E-state index contributed by atoms with van der Waals surface area (Å²) in [5, 5.41) is 11.7. The van der Waals surface area contributed by atoms with Crippen LogP contribution in [-0.2, 0) is 6.54 Å². The zero-order valence-corrected chi connectivity index (χ0v) is 19.3. The number of aryl methyl sites for hydroxylation is 1. The van der Waals surface area contributed by atoms with Gasteiger partial charge in [0.1, 0.15) is 21.7 Å². The number of pyridine rings is 2. The van der Waals surface area contributed by atoms with Gasteiger partial charge < -0.3 is 9.52 Å². The molecule has 5 rings (SSSR count). The molecule has 0 aliphatic heterocycles. The molecule has 0 saturated heterocycles. The Kier molecular flexibility index (Phi) is 5.63. The minimum atomic E-state index is -0.799. The van der Waals surface area contributed by atoms with Gasteiger partial charge in [-0.05, 0) is 48.9 Å². The van der Waals surface area contributed by atoms with Crippen molar-refractivity contribution in [2.45, 2.75) is 23.3 Å². The highest BCUT2D eigenvalue weighted by Gasteiger charge is 2.23. The molecular weight excluding hydrogens is 479 g/mol. The number of rotatable bonds is 4. The smallest absolute Gasteiger partial charge is 0.354 e. The molecule has 34 heavy (non-hydrogen) atoms. The van der Waals surface area contributed by atoms with E-state index < -0.39 is 22.8 Å². The highest BCUT2D eigenvalue weighted by Crippen LogP contribution is 2.39. The van der Waals surface area contributed by atoms with E-state index in [1.807, 2.05) is 0 Å². The quantitative estimate of drug-likeness (QED) is 0.332. The zero-order valence-electron chi connectivity index (χ0n) is 17.7. The monoisotopic (exact) mass is 494 g/mol. The maximum atomic E-state index is 13.6. The molecule has 0 spiro atoms. The third-order valence-electron chi connectivity index (χ3n) is 5.34. The molecule has 0 atom stereocenters. The van der Waals surface area contributed by atoms with Gasteiger partial charge in [0.15, 0.2) is 11.3 Å². The number of halogens is 2. The maximum Gasteiger partial charge on any atom is 0.354 e. The minimum Gasteiger partial charge on any atom is -0.505 e. The molecule has 6 nitrogen and oxygen atoms in total. The largest absolute Gasteiger partial charge is 0.505 e. The lowest BCUT2D eigenvalue weighted by Crippen LogP contribution is -2.23. The van der Waals surface area contributed by atoms with Crippen LogP contribution in [0.3, 0.4) is 0 Å². The van der Waals surface area contributed by atoms with Gasteiger partial charge in [0.25, 0.3) is 5.56 Å². The number of aromatic nitrogens is 2. The van der Waals surface area contributed by atoms with E-state index >= 15 is 0 Å². The number of hydrogen-bond acceptors (Lipinski definition) is 6. The first-order chi connectivity index (χ1) is 16.3. The van der Waals surface area contributed by atoms with E-state index in [0.717, 1.165) is 11.8 Å². The van der Waals surface area contributed by atoms with Gasteiger partial charge >= 0.3 is 5.63 Å².